The van der Waals surface area contributed by atoms with Crippen molar-refractivity contribution in [3.63, 3.8) is 0 Å². The molecule has 0 atom stereocenters. The summed E-state index contributed by atoms with van der Waals surface area (Å²) in [6.45, 7) is 7.77. The van der Waals surface area contributed by atoms with Gasteiger partial charge in [0.25, 0.3) is 0 Å². The molecule has 1 amide bonds. The van der Waals surface area contributed by atoms with Gasteiger partial charge < -0.3 is 9.80 Å². The monoisotopic (exact) mass is 384 g/mol. The number of piperidine rings is 1. The predicted octanol–water partition coefficient (Wildman–Crippen LogP) is 3.85. The Labute approximate surface area is 166 Å². The molecule has 2 heterocycles. The van der Waals surface area contributed by atoms with E-state index in [4.69, 9.17) is 0 Å². The summed E-state index contributed by atoms with van der Waals surface area (Å²) in [4.78, 5) is 25.6. The normalized spacial score (nSPS) is 15.0. The van der Waals surface area contributed by atoms with E-state index in [1.54, 1.807) is 6.33 Å². The minimum absolute atomic E-state index is 0.137. The second kappa shape index (κ2) is 9.74. The van der Waals surface area contributed by atoms with E-state index in [0.29, 0.717) is 18.8 Å². The number of carbonyl (C=O) groups is 1. The predicted molar refractivity (Wildman–Crippen MR) is 111 cm³/mol. The molecule has 1 aromatic heterocycles. The number of carbonyl (C=O) groups excluding carboxylic acids is 1. The lowest BCUT2D eigenvalue weighted by atomic mass is 9.99. The lowest BCUT2D eigenvalue weighted by molar-refractivity contribution is -0.128. The number of aromatic nitrogens is 2. The molecule has 0 bridgehead atoms. The van der Waals surface area contributed by atoms with Crippen LogP contribution in [0.4, 0.5) is 5.82 Å². The average molecular weight is 385 g/mol. The van der Waals surface area contributed by atoms with Crippen LogP contribution >= 0.6 is 11.8 Å². The standard InChI is InChI=1S/C21H28N4OS/c1-3-24(14-18-7-5-4-6-8-18)21(26)15-27-20-13-19(22-16-23-20)25-11-9-17(2)10-12-25/h4-8,13,16-17H,3,9-12,14-15H2,1-2H3. The van der Waals surface area contributed by atoms with Crippen LogP contribution in [0.3, 0.4) is 0 Å². The highest BCUT2D eigenvalue weighted by Gasteiger charge is 2.18. The van der Waals surface area contributed by atoms with E-state index in [1.807, 2.05) is 36.1 Å². The number of benzene rings is 1. The van der Waals surface area contributed by atoms with Crippen molar-refractivity contribution < 1.29 is 4.79 Å². The fourth-order valence-corrected chi connectivity index (χ4v) is 3.99. The lowest BCUT2D eigenvalue weighted by Crippen LogP contribution is -2.33. The Balaban J connectivity index is 1.55. The lowest BCUT2D eigenvalue weighted by Gasteiger charge is -2.31. The molecular formula is C21H28N4OS. The van der Waals surface area contributed by atoms with Crippen molar-refractivity contribution in [2.75, 3.05) is 30.3 Å². The first-order chi connectivity index (χ1) is 13.2. The summed E-state index contributed by atoms with van der Waals surface area (Å²) >= 11 is 1.49. The third-order valence-corrected chi connectivity index (χ3v) is 5.94. The van der Waals surface area contributed by atoms with Gasteiger partial charge in [0.15, 0.2) is 0 Å². The van der Waals surface area contributed by atoms with E-state index in [1.165, 1.54) is 24.6 Å². The molecule has 5 nitrogen and oxygen atoms in total. The van der Waals surface area contributed by atoms with E-state index in [9.17, 15) is 4.79 Å². The molecule has 0 N–H and O–H groups in total. The van der Waals surface area contributed by atoms with Gasteiger partial charge in [0.1, 0.15) is 17.2 Å². The smallest absolute Gasteiger partial charge is 0.233 e. The van der Waals surface area contributed by atoms with Gasteiger partial charge in [-0.25, -0.2) is 9.97 Å². The maximum atomic E-state index is 12.6. The van der Waals surface area contributed by atoms with Crippen LogP contribution in [0.1, 0.15) is 32.3 Å². The Bertz CT molecular complexity index is 732. The topological polar surface area (TPSA) is 49.3 Å². The minimum Gasteiger partial charge on any atom is -0.356 e. The van der Waals surface area contributed by atoms with E-state index in [-0.39, 0.29) is 5.91 Å². The molecule has 144 valence electrons. The summed E-state index contributed by atoms with van der Waals surface area (Å²) in [5, 5.41) is 0.864. The second-order valence-electron chi connectivity index (χ2n) is 7.07. The van der Waals surface area contributed by atoms with Gasteiger partial charge >= 0.3 is 0 Å². The van der Waals surface area contributed by atoms with Crippen molar-refractivity contribution in [2.45, 2.75) is 38.3 Å². The Morgan fingerprint density at radius 1 is 1.22 bits per heavy atom. The van der Waals surface area contributed by atoms with E-state index in [2.05, 4.69) is 33.9 Å². The molecule has 2 aromatic rings. The molecule has 1 aliphatic heterocycles. The zero-order chi connectivity index (χ0) is 19.1. The molecule has 1 aliphatic rings. The van der Waals surface area contributed by atoms with E-state index >= 15 is 0 Å². The van der Waals surface area contributed by atoms with Crippen LogP contribution in [0.15, 0.2) is 47.8 Å². The SMILES string of the molecule is CCN(Cc1ccccc1)C(=O)CSc1cc(N2CCC(C)CC2)ncn1. The molecule has 0 aliphatic carbocycles. The number of thioether (sulfide) groups is 1. The Hall–Kier alpha value is -2.08. The highest BCUT2D eigenvalue weighted by atomic mass is 32.2. The van der Waals surface area contributed by atoms with Gasteiger partial charge in [-0.1, -0.05) is 49.0 Å². The fourth-order valence-electron chi connectivity index (χ4n) is 3.23. The van der Waals surface area contributed by atoms with Crippen molar-refractivity contribution in [2.24, 2.45) is 5.92 Å². The van der Waals surface area contributed by atoms with Gasteiger partial charge in [-0.15, -0.1) is 0 Å². The molecule has 27 heavy (non-hydrogen) atoms. The first kappa shape index (κ1) is 19.7. The number of nitrogens with zero attached hydrogens (tertiary/aromatic N) is 4. The third kappa shape index (κ3) is 5.70. The van der Waals surface area contributed by atoms with Crippen LogP contribution in [0, 0.1) is 5.92 Å². The highest BCUT2D eigenvalue weighted by molar-refractivity contribution is 7.99. The summed E-state index contributed by atoms with van der Waals surface area (Å²) in [7, 11) is 0. The molecule has 3 rings (SSSR count). The van der Waals surface area contributed by atoms with E-state index < -0.39 is 0 Å². The highest BCUT2D eigenvalue weighted by Crippen LogP contribution is 2.24. The average Bonchev–Trinajstić information content (AvgIpc) is 2.72. The quantitative estimate of drug-likeness (QED) is 0.536. The Kier molecular flexibility index (Phi) is 7.10. The van der Waals surface area contributed by atoms with Gasteiger partial charge in [0.2, 0.25) is 5.91 Å². The Morgan fingerprint density at radius 3 is 2.67 bits per heavy atom. The maximum absolute atomic E-state index is 12.6. The van der Waals surface area contributed by atoms with Crippen LogP contribution in [0.25, 0.3) is 0 Å². The molecule has 0 radical (unpaired) electrons. The molecule has 0 saturated carbocycles. The van der Waals surface area contributed by atoms with Crippen LogP contribution in [0.2, 0.25) is 0 Å². The van der Waals surface area contributed by atoms with Gasteiger partial charge in [0.05, 0.1) is 5.75 Å². The Morgan fingerprint density at radius 2 is 1.96 bits per heavy atom. The number of hydrogen-bond donors (Lipinski definition) is 0. The van der Waals surface area contributed by atoms with Crippen molar-refractivity contribution in [3.8, 4) is 0 Å². The number of anilines is 1. The maximum Gasteiger partial charge on any atom is 0.233 e. The van der Waals surface area contributed by atoms with Gasteiger partial charge in [-0.05, 0) is 31.2 Å². The van der Waals surface area contributed by atoms with Gasteiger partial charge in [-0.2, -0.15) is 0 Å². The third-order valence-electron chi connectivity index (χ3n) is 5.03. The van der Waals surface area contributed by atoms with E-state index in [0.717, 1.165) is 35.4 Å². The zero-order valence-electron chi connectivity index (χ0n) is 16.2. The van der Waals surface area contributed by atoms with Crippen molar-refractivity contribution in [3.05, 3.63) is 48.3 Å². The molecule has 1 aromatic carbocycles. The summed E-state index contributed by atoms with van der Waals surface area (Å²) in [5.41, 5.74) is 1.15. The molecular weight excluding hydrogens is 356 g/mol. The molecule has 6 heteroatoms. The van der Waals surface area contributed by atoms with Gasteiger partial charge in [-0.3, -0.25) is 4.79 Å². The number of rotatable bonds is 7. The van der Waals surface area contributed by atoms with Crippen LogP contribution in [-0.2, 0) is 11.3 Å². The molecule has 1 saturated heterocycles. The van der Waals surface area contributed by atoms with Crippen LogP contribution < -0.4 is 4.90 Å². The summed E-state index contributed by atoms with van der Waals surface area (Å²) in [6.07, 6.45) is 4.02. The van der Waals surface area contributed by atoms with Crippen LogP contribution in [-0.4, -0.2) is 46.2 Å². The molecule has 0 spiro atoms. The van der Waals surface area contributed by atoms with Crippen molar-refractivity contribution in [1.82, 2.24) is 14.9 Å². The molecule has 1 fully saturated rings. The zero-order valence-corrected chi connectivity index (χ0v) is 17.0. The fraction of sp³-hybridized carbons (Fsp3) is 0.476. The summed E-state index contributed by atoms with van der Waals surface area (Å²) < 4.78 is 0. The van der Waals surface area contributed by atoms with Crippen molar-refractivity contribution >= 4 is 23.5 Å². The number of amides is 1. The van der Waals surface area contributed by atoms with Crippen LogP contribution in [0.5, 0.6) is 0 Å². The van der Waals surface area contributed by atoms with Gasteiger partial charge in [0, 0.05) is 32.2 Å². The first-order valence-electron chi connectivity index (χ1n) is 9.67. The molecule has 0 unspecified atom stereocenters. The summed E-state index contributed by atoms with van der Waals surface area (Å²) in [5.74, 6) is 2.30. The minimum atomic E-state index is 0.137. The van der Waals surface area contributed by atoms with Crippen molar-refractivity contribution in [1.29, 1.82) is 0 Å². The number of hydrogen-bond acceptors (Lipinski definition) is 5. The second-order valence-corrected chi connectivity index (χ2v) is 8.06. The first-order valence-corrected chi connectivity index (χ1v) is 10.7. The summed E-state index contributed by atoms with van der Waals surface area (Å²) in [6, 6.07) is 12.1. The largest absolute Gasteiger partial charge is 0.356 e.